The van der Waals surface area contributed by atoms with E-state index >= 15 is 0 Å². The van der Waals surface area contributed by atoms with Crippen molar-refractivity contribution in [2.75, 3.05) is 13.2 Å². The van der Waals surface area contributed by atoms with Crippen molar-refractivity contribution in [3.05, 3.63) is 30.0 Å². The normalized spacial score (nSPS) is 18.8. The molecule has 1 aliphatic rings. The Morgan fingerprint density at radius 2 is 2.04 bits per heavy atom. The van der Waals surface area contributed by atoms with Crippen LogP contribution in [0.1, 0.15) is 52.3 Å². The van der Waals surface area contributed by atoms with Crippen molar-refractivity contribution in [2.45, 2.75) is 52.7 Å². The van der Waals surface area contributed by atoms with Crippen LogP contribution in [0.3, 0.4) is 0 Å². The highest BCUT2D eigenvalue weighted by molar-refractivity contribution is 5.83. The molecule has 4 nitrogen and oxygen atoms in total. The van der Waals surface area contributed by atoms with E-state index in [-0.39, 0.29) is 17.6 Å². The van der Waals surface area contributed by atoms with Crippen LogP contribution in [-0.2, 0) is 0 Å². The molecular weight excluding hydrogens is 302 g/mol. The molecule has 0 spiro atoms. The van der Waals surface area contributed by atoms with E-state index in [2.05, 4.69) is 32.2 Å². The van der Waals surface area contributed by atoms with E-state index in [9.17, 15) is 5.11 Å². The van der Waals surface area contributed by atoms with Crippen LogP contribution < -0.4 is 10.1 Å². The van der Waals surface area contributed by atoms with E-state index < -0.39 is 0 Å². The van der Waals surface area contributed by atoms with E-state index in [1.165, 1.54) is 0 Å². The number of hydrogen-bond acceptors (Lipinski definition) is 4. The smallest absolute Gasteiger partial charge is 0.176 e. The van der Waals surface area contributed by atoms with Crippen molar-refractivity contribution in [2.24, 2.45) is 11.3 Å². The topological polar surface area (TPSA) is 54.6 Å². The Morgan fingerprint density at radius 3 is 2.67 bits per heavy atom. The van der Waals surface area contributed by atoms with Crippen LogP contribution in [-0.4, -0.2) is 24.4 Å². The van der Waals surface area contributed by atoms with Gasteiger partial charge in [-0.15, -0.1) is 0 Å². The van der Waals surface area contributed by atoms with Crippen LogP contribution in [0.15, 0.2) is 28.7 Å². The third kappa shape index (κ3) is 3.31. The second-order valence-electron chi connectivity index (χ2n) is 7.41. The van der Waals surface area contributed by atoms with E-state index in [0.717, 1.165) is 41.9 Å². The molecule has 1 aliphatic carbocycles. The van der Waals surface area contributed by atoms with Crippen LogP contribution in [0.2, 0.25) is 0 Å². The van der Waals surface area contributed by atoms with E-state index in [4.69, 9.17) is 9.15 Å². The van der Waals surface area contributed by atoms with Gasteiger partial charge in [-0.3, -0.25) is 0 Å². The number of benzene rings is 1. The molecule has 2 N–H and O–H groups in total. The highest BCUT2D eigenvalue weighted by Crippen LogP contribution is 2.50. The van der Waals surface area contributed by atoms with Crippen molar-refractivity contribution in [3.8, 4) is 5.75 Å². The van der Waals surface area contributed by atoms with Gasteiger partial charge >= 0.3 is 0 Å². The number of fused-ring (bicyclic) bond motifs is 1. The maximum absolute atomic E-state index is 10.4. The van der Waals surface area contributed by atoms with Crippen molar-refractivity contribution < 1.29 is 14.3 Å². The van der Waals surface area contributed by atoms with Crippen LogP contribution in [0.25, 0.3) is 11.0 Å². The molecule has 1 fully saturated rings. The van der Waals surface area contributed by atoms with Crippen molar-refractivity contribution in [1.82, 2.24) is 5.32 Å². The van der Waals surface area contributed by atoms with E-state index in [1.54, 1.807) is 0 Å². The van der Waals surface area contributed by atoms with Gasteiger partial charge in [-0.2, -0.15) is 0 Å². The molecule has 132 valence electrons. The van der Waals surface area contributed by atoms with E-state index in [0.29, 0.717) is 12.5 Å². The molecule has 0 radical (unpaired) electrons. The SMILES string of the molecule is CCOc1cccc2cc([C@@H](C)NCC3([C@H](O)C(C)C)CC3)oc12. The summed E-state index contributed by atoms with van der Waals surface area (Å²) in [5, 5.41) is 15.0. The Labute approximate surface area is 144 Å². The zero-order valence-electron chi connectivity index (χ0n) is 15.1. The van der Waals surface area contributed by atoms with Crippen molar-refractivity contribution >= 4 is 11.0 Å². The number of ether oxygens (including phenoxy) is 1. The van der Waals surface area contributed by atoms with Crippen LogP contribution in [0.5, 0.6) is 5.75 Å². The third-order valence-electron chi connectivity index (χ3n) is 5.17. The number of hydrogen-bond donors (Lipinski definition) is 2. The van der Waals surface area contributed by atoms with Crippen LogP contribution in [0.4, 0.5) is 0 Å². The van der Waals surface area contributed by atoms with Gasteiger partial charge in [0.1, 0.15) is 5.76 Å². The summed E-state index contributed by atoms with van der Waals surface area (Å²) >= 11 is 0. The maximum atomic E-state index is 10.4. The number of nitrogens with one attached hydrogen (secondary N) is 1. The predicted molar refractivity (Wildman–Crippen MR) is 96.3 cm³/mol. The molecule has 1 saturated carbocycles. The number of rotatable bonds is 8. The third-order valence-corrected chi connectivity index (χ3v) is 5.17. The van der Waals surface area contributed by atoms with Gasteiger partial charge < -0.3 is 19.6 Å². The summed E-state index contributed by atoms with van der Waals surface area (Å²) in [5.74, 6) is 2.00. The number of aliphatic hydroxyl groups is 1. The zero-order chi connectivity index (χ0) is 17.3. The minimum Gasteiger partial charge on any atom is -0.490 e. The molecule has 1 heterocycles. The highest BCUT2D eigenvalue weighted by Gasteiger charge is 2.49. The quantitative estimate of drug-likeness (QED) is 0.758. The van der Waals surface area contributed by atoms with E-state index in [1.807, 2.05) is 25.1 Å². The highest BCUT2D eigenvalue weighted by atomic mass is 16.5. The standard InChI is InChI=1S/C20H29NO3/c1-5-23-16-8-6-7-15-11-17(24-18(15)16)14(4)21-12-20(9-10-20)19(22)13(2)3/h6-8,11,13-14,19,21-22H,5,9-10,12H2,1-4H3/t14-,19-/m1/s1. The lowest BCUT2D eigenvalue weighted by Gasteiger charge is -2.27. The van der Waals surface area contributed by atoms with Gasteiger partial charge in [0, 0.05) is 17.3 Å². The largest absolute Gasteiger partial charge is 0.490 e. The molecule has 2 aromatic rings. The van der Waals surface area contributed by atoms with Crippen LogP contribution >= 0.6 is 0 Å². The summed E-state index contributed by atoms with van der Waals surface area (Å²) in [6.45, 7) is 9.70. The molecular formula is C20H29NO3. The fourth-order valence-electron chi connectivity index (χ4n) is 3.44. The second kappa shape index (κ2) is 6.77. The van der Waals surface area contributed by atoms with Gasteiger partial charge in [-0.25, -0.2) is 0 Å². The predicted octanol–water partition coefficient (Wildman–Crippen LogP) is 4.28. The number of furan rings is 1. The Balaban J connectivity index is 1.70. The van der Waals surface area contributed by atoms with Crippen molar-refractivity contribution in [3.63, 3.8) is 0 Å². The Morgan fingerprint density at radius 1 is 1.29 bits per heavy atom. The molecule has 1 aromatic heterocycles. The molecule has 1 aromatic carbocycles. The van der Waals surface area contributed by atoms with Gasteiger partial charge in [0.05, 0.1) is 18.8 Å². The monoisotopic (exact) mass is 331 g/mol. The van der Waals surface area contributed by atoms with Gasteiger partial charge in [-0.1, -0.05) is 26.0 Å². The van der Waals surface area contributed by atoms with Gasteiger partial charge in [0.2, 0.25) is 0 Å². The number of aliphatic hydroxyl groups excluding tert-OH is 1. The first-order valence-corrected chi connectivity index (χ1v) is 9.03. The summed E-state index contributed by atoms with van der Waals surface area (Å²) in [4.78, 5) is 0. The molecule has 0 aliphatic heterocycles. The molecule has 0 bridgehead atoms. The Hall–Kier alpha value is -1.52. The molecule has 4 heteroatoms. The van der Waals surface area contributed by atoms with Crippen LogP contribution in [0, 0.1) is 11.3 Å². The average molecular weight is 331 g/mol. The zero-order valence-corrected chi connectivity index (χ0v) is 15.1. The first-order valence-electron chi connectivity index (χ1n) is 9.03. The molecule has 2 atom stereocenters. The summed E-state index contributed by atoms with van der Waals surface area (Å²) in [6.07, 6.45) is 1.96. The minimum absolute atomic E-state index is 0.0466. The van der Waals surface area contributed by atoms with Gasteiger partial charge in [0.25, 0.3) is 0 Å². The summed E-state index contributed by atoms with van der Waals surface area (Å²) < 4.78 is 11.7. The number of para-hydroxylation sites is 1. The van der Waals surface area contributed by atoms with Crippen molar-refractivity contribution in [1.29, 1.82) is 0 Å². The first-order chi connectivity index (χ1) is 11.5. The maximum Gasteiger partial charge on any atom is 0.176 e. The molecule has 0 amide bonds. The van der Waals surface area contributed by atoms with Gasteiger partial charge in [-0.05, 0) is 44.7 Å². The fourth-order valence-corrected chi connectivity index (χ4v) is 3.44. The lowest BCUT2D eigenvalue weighted by Crippen LogP contribution is -2.37. The molecule has 0 unspecified atom stereocenters. The summed E-state index contributed by atoms with van der Waals surface area (Å²) in [5.41, 5.74) is 0.858. The molecule has 3 rings (SSSR count). The summed E-state index contributed by atoms with van der Waals surface area (Å²) in [6, 6.07) is 8.15. The Kier molecular flexibility index (Phi) is 4.88. The fraction of sp³-hybridized carbons (Fsp3) is 0.600. The lowest BCUT2D eigenvalue weighted by atomic mass is 9.90. The lowest BCUT2D eigenvalue weighted by molar-refractivity contribution is 0.0488. The molecule has 0 saturated heterocycles. The second-order valence-corrected chi connectivity index (χ2v) is 7.41. The average Bonchev–Trinajstić information content (AvgIpc) is 3.22. The Bertz CT molecular complexity index is 687. The molecule has 24 heavy (non-hydrogen) atoms. The minimum atomic E-state index is -0.238. The van der Waals surface area contributed by atoms with Gasteiger partial charge in [0.15, 0.2) is 11.3 Å². The summed E-state index contributed by atoms with van der Waals surface area (Å²) in [7, 11) is 0. The first kappa shape index (κ1) is 17.3.